The summed E-state index contributed by atoms with van der Waals surface area (Å²) >= 11 is 0. The molecule has 29 heavy (non-hydrogen) atoms. The molecule has 3 rings (SSSR count). The molecule has 0 spiro atoms. The number of piperazine rings is 1. The number of non-ortho nitro benzene ring substituents is 1. The number of nitrogens with zero attached hydrogens (tertiary/aromatic N) is 4. The second kappa shape index (κ2) is 10.2. The van der Waals surface area contributed by atoms with Crippen LogP contribution in [0.15, 0.2) is 29.3 Å². The molecule has 2 fully saturated rings. The summed E-state index contributed by atoms with van der Waals surface area (Å²) in [5.41, 5.74) is 1.03. The van der Waals surface area contributed by atoms with E-state index in [1.807, 2.05) is 4.90 Å². The van der Waals surface area contributed by atoms with Gasteiger partial charge in [0, 0.05) is 51.8 Å². The van der Waals surface area contributed by atoms with Crippen LogP contribution in [0.25, 0.3) is 0 Å². The highest BCUT2D eigenvalue weighted by molar-refractivity contribution is 5.80. The lowest BCUT2D eigenvalue weighted by molar-refractivity contribution is -0.384. The third kappa shape index (κ3) is 6.17. The van der Waals surface area contributed by atoms with Crippen molar-refractivity contribution in [3.8, 4) is 0 Å². The molecular formula is C21H31N5O3. The highest BCUT2D eigenvalue weighted by Crippen LogP contribution is 2.23. The van der Waals surface area contributed by atoms with E-state index in [-0.39, 0.29) is 11.6 Å². The average molecular weight is 402 g/mol. The van der Waals surface area contributed by atoms with E-state index in [9.17, 15) is 14.9 Å². The van der Waals surface area contributed by atoms with E-state index < -0.39 is 4.92 Å². The van der Waals surface area contributed by atoms with E-state index in [0.717, 1.165) is 31.2 Å². The molecule has 0 unspecified atom stereocenters. The van der Waals surface area contributed by atoms with Crippen molar-refractivity contribution in [3.05, 3.63) is 39.9 Å². The molecule has 1 aromatic carbocycles. The van der Waals surface area contributed by atoms with E-state index in [4.69, 9.17) is 4.99 Å². The lowest BCUT2D eigenvalue weighted by atomic mass is 9.89. The second-order valence-electron chi connectivity index (χ2n) is 7.94. The average Bonchev–Trinajstić information content (AvgIpc) is 2.75. The summed E-state index contributed by atoms with van der Waals surface area (Å²) in [4.78, 5) is 30.9. The topological polar surface area (TPSA) is 91.1 Å². The van der Waals surface area contributed by atoms with Gasteiger partial charge >= 0.3 is 0 Å². The first-order valence-corrected chi connectivity index (χ1v) is 10.5. The molecule has 1 aromatic rings. The van der Waals surface area contributed by atoms with E-state index >= 15 is 0 Å². The summed E-state index contributed by atoms with van der Waals surface area (Å²) in [6.45, 7) is 5.94. The van der Waals surface area contributed by atoms with Crippen molar-refractivity contribution in [2.45, 2.75) is 45.6 Å². The number of nitro benzene ring substituents is 1. The third-order valence-corrected chi connectivity index (χ3v) is 5.86. The van der Waals surface area contributed by atoms with E-state index in [1.54, 1.807) is 19.1 Å². The van der Waals surface area contributed by atoms with Crippen molar-refractivity contribution in [2.75, 3.05) is 32.7 Å². The molecule has 0 atom stereocenters. The SMILES string of the molecule is CC(=O)N1CCN(C(=NCc2ccc([N+](=O)[O-])cc2)NCC2CCCCC2)CC1. The van der Waals surface area contributed by atoms with Gasteiger partial charge in [-0.05, 0) is 24.3 Å². The summed E-state index contributed by atoms with van der Waals surface area (Å²) in [7, 11) is 0. The van der Waals surface area contributed by atoms with Crippen molar-refractivity contribution >= 4 is 17.6 Å². The van der Waals surface area contributed by atoms with Gasteiger partial charge in [-0.1, -0.05) is 31.4 Å². The highest BCUT2D eigenvalue weighted by Gasteiger charge is 2.22. The van der Waals surface area contributed by atoms with Crippen molar-refractivity contribution < 1.29 is 9.72 Å². The van der Waals surface area contributed by atoms with E-state index in [1.165, 1.54) is 44.2 Å². The molecule has 1 saturated heterocycles. The first-order valence-electron chi connectivity index (χ1n) is 10.5. The molecule has 0 aromatic heterocycles. The molecule has 8 nitrogen and oxygen atoms in total. The summed E-state index contributed by atoms with van der Waals surface area (Å²) in [5.74, 6) is 1.67. The van der Waals surface area contributed by atoms with Gasteiger partial charge in [0.05, 0.1) is 11.5 Å². The fourth-order valence-electron chi connectivity index (χ4n) is 4.02. The van der Waals surface area contributed by atoms with Crippen molar-refractivity contribution in [3.63, 3.8) is 0 Å². The zero-order valence-electron chi connectivity index (χ0n) is 17.2. The van der Waals surface area contributed by atoms with Gasteiger partial charge in [-0.15, -0.1) is 0 Å². The number of nitro groups is 1. The molecule has 0 radical (unpaired) electrons. The maximum Gasteiger partial charge on any atom is 0.269 e. The van der Waals surface area contributed by atoms with Crippen molar-refractivity contribution in [1.82, 2.24) is 15.1 Å². The fraction of sp³-hybridized carbons (Fsp3) is 0.619. The molecule has 1 N–H and O–H groups in total. The Kier molecular flexibility index (Phi) is 7.43. The molecule has 158 valence electrons. The van der Waals surface area contributed by atoms with Gasteiger partial charge in [-0.25, -0.2) is 4.99 Å². The molecule has 1 aliphatic carbocycles. The van der Waals surface area contributed by atoms with Crippen molar-refractivity contribution in [2.24, 2.45) is 10.9 Å². The highest BCUT2D eigenvalue weighted by atomic mass is 16.6. The Morgan fingerprint density at radius 1 is 1.10 bits per heavy atom. The number of amides is 1. The predicted octanol–water partition coefficient (Wildman–Crippen LogP) is 2.78. The summed E-state index contributed by atoms with van der Waals surface area (Å²) < 4.78 is 0. The maximum atomic E-state index is 11.6. The van der Waals surface area contributed by atoms with Crippen LogP contribution in [0, 0.1) is 16.0 Å². The first-order chi connectivity index (χ1) is 14.0. The number of benzene rings is 1. The Morgan fingerprint density at radius 2 is 1.72 bits per heavy atom. The molecule has 1 aliphatic heterocycles. The Hall–Kier alpha value is -2.64. The van der Waals surface area contributed by atoms with Crippen LogP contribution < -0.4 is 5.32 Å². The molecule has 1 saturated carbocycles. The molecule has 1 amide bonds. The molecular weight excluding hydrogens is 370 g/mol. The molecule has 0 bridgehead atoms. The third-order valence-electron chi connectivity index (χ3n) is 5.86. The van der Waals surface area contributed by atoms with Crippen LogP contribution in [0.5, 0.6) is 0 Å². The van der Waals surface area contributed by atoms with Gasteiger partial charge in [0.1, 0.15) is 0 Å². The summed E-state index contributed by atoms with van der Waals surface area (Å²) in [5, 5.41) is 14.4. The van der Waals surface area contributed by atoms with Crippen LogP contribution in [0.1, 0.15) is 44.6 Å². The fourth-order valence-corrected chi connectivity index (χ4v) is 4.02. The first kappa shape index (κ1) is 21.1. The number of carbonyl (C=O) groups excluding carboxylic acids is 1. The smallest absolute Gasteiger partial charge is 0.269 e. The zero-order chi connectivity index (χ0) is 20.6. The Balaban J connectivity index is 1.64. The minimum Gasteiger partial charge on any atom is -0.356 e. The summed E-state index contributed by atoms with van der Waals surface area (Å²) in [6.07, 6.45) is 6.48. The standard InChI is InChI=1S/C21H31N5O3/c1-17(27)24-11-13-25(14-12-24)21(22-15-18-5-3-2-4-6-18)23-16-19-7-9-20(10-8-19)26(28)29/h7-10,18H,2-6,11-16H2,1H3,(H,22,23). The second-order valence-corrected chi connectivity index (χ2v) is 7.94. The quantitative estimate of drug-likeness (QED) is 0.355. The minimum absolute atomic E-state index is 0.0914. The molecule has 2 aliphatic rings. The molecule has 1 heterocycles. The summed E-state index contributed by atoms with van der Waals surface area (Å²) in [6, 6.07) is 6.55. The minimum atomic E-state index is -0.390. The Bertz CT molecular complexity index is 720. The monoisotopic (exact) mass is 401 g/mol. The zero-order valence-corrected chi connectivity index (χ0v) is 17.2. The van der Waals surface area contributed by atoms with Crippen LogP contribution in [-0.2, 0) is 11.3 Å². The number of aliphatic imine (C=N–C) groups is 1. The van der Waals surface area contributed by atoms with Crippen molar-refractivity contribution in [1.29, 1.82) is 0 Å². The number of hydrogen-bond acceptors (Lipinski definition) is 4. The van der Waals surface area contributed by atoms with Gasteiger partial charge in [-0.3, -0.25) is 14.9 Å². The van der Waals surface area contributed by atoms with E-state index in [2.05, 4.69) is 10.2 Å². The number of guanidine groups is 1. The van der Waals surface area contributed by atoms with Crippen LogP contribution in [0.2, 0.25) is 0 Å². The lowest BCUT2D eigenvalue weighted by Gasteiger charge is -2.36. The van der Waals surface area contributed by atoms with Crippen LogP contribution in [-0.4, -0.2) is 59.3 Å². The van der Waals surface area contributed by atoms with Crippen LogP contribution in [0.4, 0.5) is 5.69 Å². The largest absolute Gasteiger partial charge is 0.356 e. The Labute approximate surface area is 172 Å². The number of nitrogens with one attached hydrogen (secondary N) is 1. The van der Waals surface area contributed by atoms with Gasteiger partial charge in [0.25, 0.3) is 5.69 Å². The number of rotatable bonds is 5. The van der Waals surface area contributed by atoms with Gasteiger partial charge in [-0.2, -0.15) is 0 Å². The lowest BCUT2D eigenvalue weighted by Crippen LogP contribution is -2.54. The number of carbonyl (C=O) groups is 1. The van der Waals surface area contributed by atoms with E-state index in [0.29, 0.717) is 25.6 Å². The molecule has 8 heteroatoms. The normalized spacial score (nSPS) is 18.6. The predicted molar refractivity (Wildman–Crippen MR) is 113 cm³/mol. The van der Waals surface area contributed by atoms with Crippen LogP contribution in [0.3, 0.4) is 0 Å². The van der Waals surface area contributed by atoms with Gasteiger partial charge in [0.15, 0.2) is 5.96 Å². The van der Waals surface area contributed by atoms with Crippen LogP contribution >= 0.6 is 0 Å². The van der Waals surface area contributed by atoms with Gasteiger partial charge in [0.2, 0.25) is 5.91 Å². The van der Waals surface area contributed by atoms with Gasteiger partial charge < -0.3 is 15.1 Å². The maximum absolute atomic E-state index is 11.6. The number of hydrogen-bond donors (Lipinski definition) is 1. The Morgan fingerprint density at radius 3 is 2.31 bits per heavy atom.